The van der Waals surface area contributed by atoms with Crippen LogP contribution in [0, 0.1) is 20.8 Å². The molecule has 1 amide bonds. The van der Waals surface area contributed by atoms with E-state index >= 15 is 0 Å². The van der Waals surface area contributed by atoms with Crippen molar-refractivity contribution in [3.63, 3.8) is 0 Å². The Bertz CT molecular complexity index is 1250. The van der Waals surface area contributed by atoms with Crippen molar-refractivity contribution >= 4 is 16.9 Å². The largest absolute Gasteiger partial charge is 0.497 e. The van der Waals surface area contributed by atoms with Gasteiger partial charge in [-0.15, -0.1) is 0 Å². The van der Waals surface area contributed by atoms with Gasteiger partial charge < -0.3 is 14.6 Å². The third kappa shape index (κ3) is 4.24. The molecule has 1 aromatic heterocycles. The van der Waals surface area contributed by atoms with Crippen molar-refractivity contribution in [1.29, 1.82) is 0 Å². The Morgan fingerprint density at radius 3 is 2.34 bits per heavy atom. The van der Waals surface area contributed by atoms with E-state index in [0.29, 0.717) is 12.1 Å². The first-order valence-corrected chi connectivity index (χ1v) is 10.8. The monoisotopic (exact) mass is 427 g/mol. The molecular formula is C27H29N3O2. The molecule has 0 saturated carbocycles. The summed E-state index contributed by atoms with van der Waals surface area (Å²) in [6.07, 6.45) is 0. The maximum Gasteiger partial charge on any atom is 0.251 e. The summed E-state index contributed by atoms with van der Waals surface area (Å²) in [6, 6.07) is 19.4. The number of rotatable bonds is 6. The lowest BCUT2D eigenvalue weighted by molar-refractivity contribution is 0.0937. The molecule has 32 heavy (non-hydrogen) atoms. The predicted molar refractivity (Wildman–Crippen MR) is 128 cm³/mol. The number of methoxy groups -OCH3 is 1. The van der Waals surface area contributed by atoms with Gasteiger partial charge in [0.2, 0.25) is 0 Å². The Kier molecular flexibility index (Phi) is 5.99. The number of aromatic nitrogens is 2. The van der Waals surface area contributed by atoms with Crippen molar-refractivity contribution in [3.05, 3.63) is 94.3 Å². The van der Waals surface area contributed by atoms with Crippen LogP contribution in [-0.4, -0.2) is 22.6 Å². The molecule has 1 atom stereocenters. The fraction of sp³-hybridized carbons (Fsp3) is 0.259. The highest BCUT2D eigenvalue weighted by molar-refractivity contribution is 5.94. The molecule has 5 nitrogen and oxygen atoms in total. The van der Waals surface area contributed by atoms with Crippen LogP contribution in [-0.2, 0) is 6.54 Å². The van der Waals surface area contributed by atoms with Crippen molar-refractivity contribution in [2.45, 2.75) is 40.3 Å². The quantitative estimate of drug-likeness (QED) is 0.441. The number of carbonyl (C=O) groups is 1. The summed E-state index contributed by atoms with van der Waals surface area (Å²) < 4.78 is 7.41. The highest BCUT2D eigenvalue weighted by atomic mass is 16.5. The van der Waals surface area contributed by atoms with E-state index in [-0.39, 0.29) is 11.9 Å². The summed E-state index contributed by atoms with van der Waals surface area (Å²) >= 11 is 0. The summed E-state index contributed by atoms with van der Waals surface area (Å²) in [4.78, 5) is 17.8. The van der Waals surface area contributed by atoms with Crippen molar-refractivity contribution in [1.82, 2.24) is 14.9 Å². The Labute approximate surface area is 189 Å². The zero-order valence-electron chi connectivity index (χ0n) is 19.3. The summed E-state index contributed by atoms with van der Waals surface area (Å²) in [5.41, 5.74) is 7.66. The molecule has 0 aliphatic rings. The molecule has 0 fully saturated rings. The van der Waals surface area contributed by atoms with Gasteiger partial charge in [-0.3, -0.25) is 4.79 Å². The van der Waals surface area contributed by atoms with Crippen molar-refractivity contribution in [2.75, 3.05) is 7.11 Å². The maximum absolute atomic E-state index is 12.9. The van der Waals surface area contributed by atoms with E-state index in [1.807, 2.05) is 25.1 Å². The lowest BCUT2D eigenvalue weighted by Crippen LogP contribution is -2.29. The van der Waals surface area contributed by atoms with E-state index < -0.39 is 0 Å². The smallest absolute Gasteiger partial charge is 0.251 e. The minimum absolute atomic E-state index is 0.138. The molecule has 4 rings (SSSR count). The summed E-state index contributed by atoms with van der Waals surface area (Å²) in [6.45, 7) is 9.12. The number of amides is 1. The molecule has 0 bridgehead atoms. The number of hydrogen-bond acceptors (Lipinski definition) is 3. The number of nitrogens with zero attached hydrogens (tertiary/aromatic N) is 2. The standard InChI is InChI=1S/C27H29N3O2/c1-17-14-18(2)23(19(3)15-17)16-30-25-9-7-6-8-24(25)29-26(30)20(4)28-27(31)21-10-12-22(32-5)13-11-21/h6-15,20H,16H2,1-5H3,(H,28,31). The third-order valence-electron chi connectivity index (χ3n) is 5.93. The molecule has 0 aliphatic heterocycles. The summed E-state index contributed by atoms with van der Waals surface area (Å²) in [5.74, 6) is 1.43. The molecule has 164 valence electrons. The molecule has 1 unspecified atom stereocenters. The lowest BCUT2D eigenvalue weighted by Gasteiger charge is -2.19. The van der Waals surface area contributed by atoms with Gasteiger partial charge in [0.05, 0.1) is 24.2 Å². The Balaban J connectivity index is 1.68. The fourth-order valence-electron chi connectivity index (χ4n) is 4.30. The second-order valence-corrected chi connectivity index (χ2v) is 8.35. The van der Waals surface area contributed by atoms with Gasteiger partial charge in [-0.05, 0) is 80.8 Å². The van der Waals surface area contributed by atoms with Crippen LogP contribution >= 0.6 is 0 Å². The van der Waals surface area contributed by atoms with E-state index in [1.54, 1.807) is 31.4 Å². The predicted octanol–water partition coefficient (Wildman–Crippen LogP) is 5.51. The SMILES string of the molecule is COc1ccc(C(=O)NC(C)c2nc3ccccc3n2Cc2c(C)cc(C)cc2C)cc1. The average Bonchev–Trinajstić information content (AvgIpc) is 3.14. The van der Waals surface area contributed by atoms with Gasteiger partial charge in [0.25, 0.3) is 5.91 Å². The molecule has 5 heteroatoms. The Hall–Kier alpha value is -3.60. The number of hydrogen-bond donors (Lipinski definition) is 1. The van der Waals surface area contributed by atoms with E-state index in [9.17, 15) is 4.79 Å². The molecular weight excluding hydrogens is 398 g/mol. The molecule has 0 spiro atoms. The molecule has 0 radical (unpaired) electrons. The molecule has 3 aromatic carbocycles. The van der Waals surface area contributed by atoms with E-state index in [1.165, 1.54) is 22.3 Å². The first kappa shape index (κ1) is 21.6. The molecule has 0 saturated heterocycles. The summed E-state index contributed by atoms with van der Waals surface area (Å²) in [7, 11) is 1.61. The highest BCUT2D eigenvalue weighted by Crippen LogP contribution is 2.25. The van der Waals surface area contributed by atoms with Crippen LogP contribution in [0.3, 0.4) is 0 Å². The number of ether oxygens (including phenoxy) is 1. The molecule has 1 heterocycles. The van der Waals surface area contributed by atoms with Crippen LogP contribution in [0.25, 0.3) is 11.0 Å². The summed E-state index contributed by atoms with van der Waals surface area (Å²) in [5, 5.41) is 3.11. The lowest BCUT2D eigenvalue weighted by atomic mass is 9.99. The van der Waals surface area contributed by atoms with Crippen LogP contribution in [0.2, 0.25) is 0 Å². The number of imidazole rings is 1. The first-order valence-electron chi connectivity index (χ1n) is 10.8. The minimum atomic E-state index is -0.261. The van der Waals surface area contributed by atoms with Crippen LogP contribution in [0.1, 0.15) is 51.4 Å². The Morgan fingerprint density at radius 2 is 1.69 bits per heavy atom. The highest BCUT2D eigenvalue weighted by Gasteiger charge is 2.20. The van der Waals surface area contributed by atoms with Crippen LogP contribution in [0.5, 0.6) is 5.75 Å². The van der Waals surface area contributed by atoms with E-state index in [4.69, 9.17) is 9.72 Å². The topological polar surface area (TPSA) is 56.1 Å². The van der Waals surface area contributed by atoms with Crippen LogP contribution < -0.4 is 10.1 Å². The Morgan fingerprint density at radius 1 is 1.03 bits per heavy atom. The normalized spacial score (nSPS) is 12.0. The van der Waals surface area contributed by atoms with Crippen LogP contribution in [0.15, 0.2) is 60.7 Å². The zero-order valence-corrected chi connectivity index (χ0v) is 19.3. The van der Waals surface area contributed by atoms with Gasteiger partial charge in [0, 0.05) is 12.1 Å². The number of aryl methyl sites for hydroxylation is 3. The van der Waals surface area contributed by atoms with E-state index in [0.717, 1.165) is 22.6 Å². The minimum Gasteiger partial charge on any atom is -0.497 e. The number of carbonyl (C=O) groups excluding carboxylic acids is 1. The molecule has 4 aromatic rings. The maximum atomic E-state index is 12.9. The number of benzene rings is 3. The van der Waals surface area contributed by atoms with Gasteiger partial charge in [0.1, 0.15) is 11.6 Å². The zero-order chi connectivity index (χ0) is 22.8. The number of nitrogens with one attached hydrogen (secondary N) is 1. The van der Waals surface area contributed by atoms with Gasteiger partial charge in [-0.1, -0.05) is 29.8 Å². The number of fused-ring (bicyclic) bond motifs is 1. The van der Waals surface area contributed by atoms with Gasteiger partial charge in [-0.25, -0.2) is 4.98 Å². The number of para-hydroxylation sites is 2. The second kappa shape index (κ2) is 8.87. The van der Waals surface area contributed by atoms with Gasteiger partial charge >= 0.3 is 0 Å². The van der Waals surface area contributed by atoms with E-state index in [2.05, 4.69) is 48.9 Å². The van der Waals surface area contributed by atoms with Gasteiger partial charge in [-0.2, -0.15) is 0 Å². The average molecular weight is 428 g/mol. The van der Waals surface area contributed by atoms with Crippen molar-refractivity contribution < 1.29 is 9.53 Å². The van der Waals surface area contributed by atoms with Gasteiger partial charge in [0.15, 0.2) is 0 Å². The molecule has 1 N–H and O–H groups in total. The van der Waals surface area contributed by atoms with Crippen molar-refractivity contribution in [2.24, 2.45) is 0 Å². The second-order valence-electron chi connectivity index (χ2n) is 8.35. The van der Waals surface area contributed by atoms with Crippen molar-refractivity contribution in [3.8, 4) is 5.75 Å². The fourth-order valence-corrected chi connectivity index (χ4v) is 4.30. The first-order chi connectivity index (χ1) is 15.4. The molecule has 0 aliphatic carbocycles. The van der Waals surface area contributed by atoms with Crippen LogP contribution in [0.4, 0.5) is 0 Å². The third-order valence-corrected chi connectivity index (χ3v) is 5.93.